The van der Waals surface area contributed by atoms with E-state index in [-0.39, 0.29) is 18.4 Å². The number of nitrogens with one attached hydrogen (secondary N) is 2. The van der Waals surface area contributed by atoms with Crippen molar-refractivity contribution in [1.82, 2.24) is 15.8 Å². The van der Waals surface area contributed by atoms with Crippen molar-refractivity contribution in [1.29, 1.82) is 0 Å². The molecule has 1 amide bonds. The van der Waals surface area contributed by atoms with Crippen molar-refractivity contribution in [2.24, 2.45) is 5.73 Å². The summed E-state index contributed by atoms with van der Waals surface area (Å²) < 4.78 is 38.5. The highest BCUT2D eigenvalue weighted by Gasteiger charge is 2.30. The number of alkyl halides is 3. The van der Waals surface area contributed by atoms with Gasteiger partial charge in [0, 0.05) is 32.1 Å². The Bertz CT molecular complexity index is 522. The molecule has 5 nitrogen and oxygen atoms in total. The first-order chi connectivity index (χ1) is 11.2. The molecule has 24 heavy (non-hydrogen) atoms. The van der Waals surface area contributed by atoms with Crippen LogP contribution in [0.25, 0.3) is 0 Å². The maximum Gasteiger partial charge on any atom is 0.416 e. The summed E-state index contributed by atoms with van der Waals surface area (Å²) in [5, 5.41) is 0. The first kappa shape index (κ1) is 20.4. The summed E-state index contributed by atoms with van der Waals surface area (Å²) >= 11 is 0. The van der Waals surface area contributed by atoms with Crippen LogP contribution in [0.4, 0.5) is 13.2 Å². The second kappa shape index (κ2) is 9.61. The van der Waals surface area contributed by atoms with Gasteiger partial charge in [0.25, 0.3) is 0 Å². The SMILES string of the molecule is CNNCCN(Cc1cccc(C(F)(F)F)c1)C(C)CCC(N)=O. The molecular weight excluding hydrogens is 321 g/mol. The fourth-order valence-electron chi connectivity index (χ4n) is 2.39. The van der Waals surface area contributed by atoms with E-state index in [1.807, 2.05) is 11.8 Å². The molecule has 0 aliphatic rings. The van der Waals surface area contributed by atoms with Crippen LogP contribution in [-0.2, 0) is 17.5 Å². The number of carbonyl (C=O) groups excluding carboxylic acids is 1. The van der Waals surface area contributed by atoms with Crippen LogP contribution in [0.3, 0.4) is 0 Å². The average molecular weight is 346 g/mol. The van der Waals surface area contributed by atoms with Crippen LogP contribution in [0.2, 0.25) is 0 Å². The minimum absolute atomic E-state index is 0.0192. The zero-order chi connectivity index (χ0) is 18.2. The van der Waals surface area contributed by atoms with Crippen molar-refractivity contribution in [3.8, 4) is 0 Å². The van der Waals surface area contributed by atoms with E-state index >= 15 is 0 Å². The third-order valence-electron chi connectivity index (χ3n) is 3.77. The van der Waals surface area contributed by atoms with Gasteiger partial charge < -0.3 is 5.73 Å². The zero-order valence-electron chi connectivity index (χ0n) is 14.0. The maximum atomic E-state index is 12.8. The molecule has 0 spiro atoms. The van der Waals surface area contributed by atoms with Crippen LogP contribution in [-0.4, -0.2) is 37.0 Å². The Morgan fingerprint density at radius 1 is 1.38 bits per heavy atom. The number of hydrogen-bond acceptors (Lipinski definition) is 4. The molecule has 0 fully saturated rings. The highest BCUT2D eigenvalue weighted by atomic mass is 19.4. The third-order valence-corrected chi connectivity index (χ3v) is 3.77. The molecular formula is C16H25F3N4O. The Kier molecular flexibility index (Phi) is 8.17. The summed E-state index contributed by atoms with van der Waals surface area (Å²) in [6.45, 7) is 3.55. The highest BCUT2D eigenvalue weighted by Crippen LogP contribution is 2.29. The van der Waals surface area contributed by atoms with Crippen LogP contribution < -0.4 is 16.6 Å². The van der Waals surface area contributed by atoms with Crippen molar-refractivity contribution < 1.29 is 18.0 Å². The van der Waals surface area contributed by atoms with Crippen LogP contribution >= 0.6 is 0 Å². The first-order valence-electron chi connectivity index (χ1n) is 7.82. The number of nitrogens with two attached hydrogens (primary N) is 1. The van der Waals surface area contributed by atoms with Crippen LogP contribution in [0.15, 0.2) is 24.3 Å². The summed E-state index contributed by atoms with van der Waals surface area (Å²) in [5.74, 6) is -0.380. The van der Waals surface area contributed by atoms with Gasteiger partial charge in [-0.15, -0.1) is 0 Å². The Morgan fingerprint density at radius 2 is 2.08 bits per heavy atom. The quantitative estimate of drug-likeness (QED) is 0.447. The minimum atomic E-state index is -4.36. The monoisotopic (exact) mass is 346 g/mol. The van der Waals surface area contributed by atoms with Gasteiger partial charge >= 0.3 is 6.18 Å². The number of benzene rings is 1. The lowest BCUT2D eigenvalue weighted by molar-refractivity contribution is -0.137. The van der Waals surface area contributed by atoms with Crippen LogP contribution in [0.5, 0.6) is 0 Å². The van der Waals surface area contributed by atoms with Gasteiger partial charge in [-0.25, -0.2) is 0 Å². The van der Waals surface area contributed by atoms with Gasteiger partial charge in [-0.05, 0) is 32.0 Å². The minimum Gasteiger partial charge on any atom is -0.370 e. The molecule has 1 aromatic rings. The van der Waals surface area contributed by atoms with Crippen molar-refractivity contribution in [3.63, 3.8) is 0 Å². The number of primary amides is 1. The predicted octanol–water partition coefficient (Wildman–Crippen LogP) is 1.89. The normalized spacial score (nSPS) is 13.2. The van der Waals surface area contributed by atoms with E-state index in [4.69, 9.17) is 5.73 Å². The standard InChI is InChI=1S/C16H25F3N4O/c1-12(6-7-15(20)24)23(9-8-22-21-2)11-13-4-3-5-14(10-13)16(17,18)19/h3-5,10,12,21-22H,6-9,11H2,1-2H3,(H2,20,24). The molecule has 1 aromatic carbocycles. The van der Waals surface area contributed by atoms with Crippen LogP contribution in [0.1, 0.15) is 30.9 Å². The topological polar surface area (TPSA) is 70.4 Å². The summed E-state index contributed by atoms with van der Waals surface area (Å²) in [4.78, 5) is 13.0. The molecule has 136 valence electrons. The lowest BCUT2D eigenvalue weighted by atomic mass is 10.1. The Labute approximate surface area is 140 Å². The van der Waals surface area contributed by atoms with Crippen LogP contribution in [0, 0.1) is 0 Å². The number of amides is 1. The molecule has 0 radical (unpaired) electrons. The lowest BCUT2D eigenvalue weighted by Crippen LogP contribution is -2.41. The van der Waals surface area contributed by atoms with E-state index in [1.165, 1.54) is 12.1 Å². The molecule has 0 aromatic heterocycles. The second-order valence-corrected chi connectivity index (χ2v) is 5.70. The molecule has 1 rings (SSSR count). The molecule has 0 saturated carbocycles. The lowest BCUT2D eigenvalue weighted by Gasteiger charge is -2.29. The third kappa shape index (κ3) is 7.29. The van der Waals surface area contributed by atoms with E-state index in [0.717, 1.165) is 6.07 Å². The Hall–Kier alpha value is -1.64. The number of hydrogen-bond donors (Lipinski definition) is 3. The van der Waals surface area contributed by atoms with Gasteiger partial charge in [0.2, 0.25) is 5.91 Å². The number of halogens is 3. The van der Waals surface area contributed by atoms with E-state index in [1.54, 1.807) is 13.1 Å². The van der Waals surface area contributed by atoms with Gasteiger partial charge in [-0.3, -0.25) is 20.5 Å². The summed E-state index contributed by atoms with van der Waals surface area (Å²) in [7, 11) is 1.74. The molecule has 1 atom stereocenters. The van der Waals surface area contributed by atoms with Gasteiger partial charge in [0.15, 0.2) is 0 Å². The zero-order valence-corrected chi connectivity index (χ0v) is 14.0. The average Bonchev–Trinajstić information content (AvgIpc) is 2.51. The number of carbonyl (C=O) groups is 1. The fraction of sp³-hybridized carbons (Fsp3) is 0.562. The van der Waals surface area contributed by atoms with Crippen molar-refractivity contribution in [2.75, 3.05) is 20.1 Å². The van der Waals surface area contributed by atoms with E-state index in [0.29, 0.717) is 31.6 Å². The van der Waals surface area contributed by atoms with Gasteiger partial charge in [-0.1, -0.05) is 18.2 Å². The largest absolute Gasteiger partial charge is 0.416 e. The van der Waals surface area contributed by atoms with Gasteiger partial charge in [0.1, 0.15) is 0 Å². The number of hydrazine groups is 1. The molecule has 0 aliphatic carbocycles. The van der Waals surface area contributed by atoms with E-state index in [9.17, 15) is 18.0 Å². The Morgan fingerprint density at radius 3 is 2.67 bits per heavy atom. The van der Waals surface area contributed by atoms with E-state index < -0.39 is 11.7 Å². The second-order valence-electron chi connectivity index (χ2n) is 5.70. The van der Waals surface area contributed by atoms with Crippen molar-refractivity contribution in [2.45, 2.75) is 38.5 Å². The van der Waals surface area contributed by atoms with Gasteiger partial charge in [0.05, 0.1) is 5.56 Å². The fourth-order valence-corrected chi connectivity index (χ4v) is 2.39. The molecule has 0 saturated heterocycles. The molecule has 0 bridgehead atoms. The van der Waals surface area contributed by atoms with Crippen molar-refractivity contribution >= 4 is 5.91 Å². The molecule has 0 aliphatic heterocycles. The summed E-state index contributed by atoms with van der Waals surface area (Å²) in [6, 6.07) is 5.34. The van der Waals surface area contributed by atoms with Crippen molar-refractivity contribution in [3.05, 3.63) is 35.4 Å². The molecule has 1 unspecified atom stereocenters. The predicted molar refractivity (Wildman–Crippen MR) is 86.8 cm³/mol. The highest BCUT2D eigenvalue weighted by molar-refractivity contribution is 5.73. The molecule has 8 heteroatoms. The number of nitrogens with zero attached hydrogens (tertiary/aromatic N) is 1. The van der Waals surface area contributed by atoms with E-state index in [2.05, 4.69) is 10.9 Å². The summed E-state index contributed by atoms with van der Waals surface area (Å²) in [6.07, 6.45) is -3.54. The number of rotatable bonds is 10. The first-order valence-corrected chi connectivity index (χ1v) is 7.82. The molecule has 0 heterocycles. The smallest absolute Gasteiger partial charge is 0.370 e. The maximum absolute atomic E-state index is 12.8. The van der Waals surface area contributed by atoms with Gasteiger partial charge in [-0.2, -0.15) is 13.2 Å². The molecule has 4 N–H and O–H groups in total. The Balaban J connectivity index is 2.81. The summed E-state index contributed by atoms with van der Waals surface area (Å²) in [5.41, 5.74) is 10.9.